The van der Waals surface area contributed by atoms with Crippen molar-refractivity contribution in [3.05, 3.63) is 35.7 Å². The summed E-state index contributed by atoms with van der Waals surface area (Å²) < 4.78 is 3.77. The van der Waals surface area contributed by atoms with Crippen LogP contribution in [0.5, 0.6) is 0 Å². The van der Waals surface area contributed by atoms with Gasteiger partial charge in [0.15, 0.2) is 0 Å². The van der Waals surface area contributed by atoms with Crippen molar-refractivity contribution in [1.29, 1.82) is 0 Å². The molecule has 0 radical (unpaired) electrons. The maximum atomic E-state index is 12.3. The fraction of sp³-hybridized carbons (Fsp3) is 0.462. The number of carbonyl (C=O) groups is 1. The molecule has 2 aromatic rings. The largest absolute Gasteiger partial charge is 0.333 e. The fourth-order valence-electron chi connectivity index (χ4n) is 2.54. The number of nitrogens with zero attached hydrogens (tertiary/aromatic N) is 5. The fourth-order valence-corrected chi connectivity index (χ4v) is 2.54. The van der Waals surface area contributed by atoms with E-state index in [0.717, 1.165) is 24.6 Å². The van der Waals surface area contributed by atoms with Crippen molar-refractivity contribution in [2.24, 2.45) is 7.05 Å². The van der Waals surface area contributed by atoms with Crippen LogP contribution in [0, 0.1) is 13.8 Å². The van der Waals surface area contributed by atoms with E-state index in [4.69, 9.17) is 0 Å². The number of imidazole rings is 1. The summed E-state index contributed by atoms with van der Waals surface area (Å²) in [6.45, 7) is 5.35. The lowest BCUT2D eigenvalue weighted by atomic mass is 10.1. The molecule has 3 rings (SSSR count). The lowest BCUT2D eigenvalue weighted by Crippen LogP contribution is -2.51. The van der Waals surface area contributed by atoms with Gasteiger partial charge in [0.25, 0.3) is 5.91 Å². The molecule has 0 spiro atoms. The topological polar surface area (TPSA) is 56.0 Å². The SMILES string of the molecule is Cc1cc(C(=O)N2CC(n3ccnc3C)C2)n(C)n1. The second kappa shape index (κ2) is 4.22. The average Bonchev–Trinajstić information content (AvgIpc) is 2.83. The van der Waals surface area contributed by atoms with E-state index in [1.807, 2.05) is 31.0 Å². The van der Waals surface area contributed by atoms with Crippen LogP contribution in [-0.4, -0.2) is 43.2 Å². The zero-order valence-corrected chi connectivity index (χ0v) is 11.4. The van der Waals surface area contributed by atoms with Gasteiger partial charge in [0.2, 0.25) is 0 Å². The highest BCUT2D eigenvalue weighted by Gasteiger charge is 2.33. The predicted octanol–water partition coefficient (Wildman–Crippen LogP) is 0.931. The Balaban J connectivity index is 1.69. The summed E-state index contributed by atoms with van der Waals surface area (Å²) in [5.74, 6) is 1.05. The number of aryl methyl sites for hydroxylation is 3. The van der Waals surface area contributed by atoms with Crippen LogP contribution in [0.15, 0.2) is 18.5 Å². The van der Waals surface area contributed by atoms with Gasteiger partial charge in [-0.05, 0) is 19.9 Å². The normalized spacial score (nSPS) is 15.6. The van der Waals surface area contributed by atoms with Crippen molar-refractivity contribution < 1.29 is 4.79 Å². The molecule has 6 nitrogen and oxygen atoms in total. The number of hydrogen-bond donors (Lipinski definition) is 0. The molecule has 1 aliphatic rings. The Morgan fingerprint density at radius 1 is 1.37 bits per heavy atom. The third-order valence-corrected chi connectivity index (χ3v) is 3.63. The minimum Gasteiger partial charge on any atom is -0.333 e. The highest BCUT2D eigenvalue weighted by Crippen LogP contribution is 2.24. The van der Waals surface area contributed by atoms with E-state index in [2.05, 4.69) is 14.6 Å². The first-order valence-electron chi connectivity index (χ1n) is 6.35. The number of hydrogen-bond acceptors (Lipinski definition) is 3. The molecule has 0 N–H and O–H groups in total. The van der Waals surface area contributed by atoms with Gasteiger partial charge in [0, 0.05) is 32.5 Å². The van der Waals surface area contributed by atoms with Crippen LogP contribution in [0.1, 0.15) is 28.0 Å². The highest BCUT2D eigenvalue weighted by atomic mass is 16.2. The zero-order chi connectivity index (χ0) is 13.6. The van der Waals surface area contributed by atoms with Gasteiger partial charge in [0.1, 0.15) is 11.5 Å². The molecule has 0 aromatic carbocycles. The van der Waals surface area contributed by atoms with Gasteiger partial charge < -0.3 is 9.47 Å². The van der Waals surface area contributed by atoms with Crippen LogP contribution in [0.3, 0.4) is 0 Å². The monoisotopic (exact) mass is 259 g/mol. The predicted molar refractivity (Wildman–Crippen MR) is 69.8 cm³/mol. The summed E-state index contributed by atoms with van der Waals surface area (Å²) in [6.07, 6.45) is 3.76. The maximum absolute atomic E-state index is 12.3. The van der Waals surface area contributed by atoms with Gasteiger partial charge in [-0.2, -0.15) is 5.10 Å². The molecule has 0 saturated carbocycles. The minimum absolute atomic E-state index is 0.0529. The van der Waals surface area contributed by atoms with E-state index in [-0.39, 0.29) is 5.91 Å². The van der Waals surface area contributed by atoms with Crippen LogP contribution in [0.25, 0.3) is 0 Å². The number of rotatable bonds is 2. The first kappa shape index (κ1) is 12.0. The molecule has 0 aliphatic carbocycles. The molecule has 1 fully saturated rings. The van der Waals surface area contributed by atoms with E-state index in [1.165, 1.54) is 0 Å². The van der Waals surface area contributed by atoms with Crippen LogP contribution in [0.4, 0.5) is 0 Å². The molecule has 0 atom stereocenters. The standard InChI is InChI=1S/C13H17N5O/c1-9-6-12(16(3)15-9)13(19)17-7-11(8-17)18-5-4-14-10(18)2/h4-6,11H,7-8H2,1-3H3. The van der Waals surface area contributed by atoms with Crippen LogP contribution in [-0.2, 0) is 7.05 Å². The van der Waals surface area contributed by atoms with Crippen molar-refractivity contribution in [2.75, 3.05) is 13.1 Å². The first-order valence-corrected chi connectivity index (χ1v) is 6.35. The smallest absolute Gasteiger partial charge is 0.272 e. The summed E-state index contributed by atoms with van der Waals surface area (Å²) in [5.41, 5.74) is 1.52. The molecule has 0 unspecified atom stereocenters. The number of likely N-dealkylation sites (tertiary alicyclic amines) is 1. The Kier molecular flexibility index (Phi) is 2.66. The molecule has 1 aliphatic heterocycles. The lowest BCUT2D eigenvalue weighted by Gasteiger charge is -2.40. The molecule has 19 heavy (non-hydrogen) atoms. The summed E-state index contributed by atoms with van der Waals surface area (Å²) >= 11 is 0. The molecule has 0 bridgehead atoms. The Morgan fingerprint density at radius 3 is 2.63 bits per heavy atom. The van der Waals surface area contributed by atoms with Crippen LogP contribution in [0.2, 0.25) is 0 Å². The maximum Gasteiger partial charge on any atom is 0.272 e. The number of amides is 1. The van der Waals surface area contributed by atoms with Gasteiger partial charge in [0.05, 0.1) is 11.7 Å². The highest BCUT2D eigenvalue weighted by molar-refractivity contribution is 5.93. The van der Waals surface area contributed by atoms with Gasteiger partial charge in [-0.1, -0.05) is 0 Å². The lowest BCUT2D eigenvalue weighted by molar-refractivity contribution is 0.0506. The second-order valence-electron chi connectivity index (χ2n) is 5.04. The average molecular weight is 259 g/mol. The van der Waals surface area contributed by atoms with Gasteiger partial charge in [-0.3, -0.25) is 9.48 Å². The molecule has 6 heteroatoms. The Hall–Kier alpha value is -2.11. The number of carbonyl (C=O) groups excluding carboxylic acids is 1. The second-order valence-corrected chi connectivity index (χ2v) is 5.04. The van der Waals surface area contributed by atoms with Crippen molar-refractivity contribution in [3.63, 3.8) is 0 Å². The number of aromatic nitrogens is 4. The molecular formula is C13H17N5O. The quantitative estimate of drug-likeness (QED) is 0.806. The van der Waals surface area contributed by atoms with Crippen molar-refractivity contribution in [3.8, 4) is 0 Å². The van der Waals surface area contributed by atoms with Gasteiger partial charge in [-0.25, -0.2) is 4.98 Å². The van der Waals surface area contributed by atoms with Crippen LogP contribution >= 0.6 is 0 Å². The van der Waals surface area contributed by atoms with Crippen molar-refractivity contribution >= 4 is 5.91 Å². The summed E-state index contributed by atoms with van der Waals surface area (Å²) in [5, 5.41) is 4.21. The summed E-state index contributed by atoms with van der Waals surface area (Å²) in [4.78, 5) is 18.4. The summed E-state index contributed by atoms with van der Waals surface area (Å²) in [7, 11) is 1.80. The molecule has 1 amide bonds. The Morgan fingerprint density at radius 2 is 2.11 bits per heavy atom. The van der Waals surface area contributed by atoms with E-state index >= 15 is 0 Å². The van der Waals surface area contributed by atoms with E-state index < -0.39 is 0 Å². The molecule has 3 heterocycles. The van der Waals surface area contributed by atoms with Gasteiger partial charge >= 0.3 is 0 Å². The molecule has 100 valence electrons. The molecule has 1 saturated heterocycles. The first-order chi connectivity index (χ1) is 9.06. The van der Waals surface area contributed by atoms with Gasteiger partial charge in [-0.15, -0.1) is 0 Å². The van der Waals surface area contributed by atoms with Crippen molar-refractivity contribution in [2.45, 2.75) is 19.9 Å². The minimum atomic E-state index is 0.0529. The third kappa shape index (κ3) is 1.93. The van der Waals surface area contributed by atoms with E-state index in [9.17, 15) is 4.79 Å². The molecular weight excluding hydrogens is 242 g/mol. The van der Waals surface area contributed by atoms with E-state index in [0.29, 0.717) is 11.7 Å². The third-order valence-electron chi connectivity index (χ3n) is 3.63. The summed E-state index contributed by atoms with van der Waals surface area (Å²) in [6, 6.07) is 2.18. The van der Waals surface area contributed by atoms with E-state index in [1.54, 1.807) is 17.9 Å². The Bertz CT molecular complexity index is 621. The Labute approximate surface area is 111 Å². The van der Waals surface area contributed by atoms with Crippen molar-refractivity contribution in [1.82, 2.24) is 24.2 Å². The zero-order valence-electron chi connectivity index (χ0n) is 11.4. The molecule has 2 aromatic heterocycles. The van der Waals surface area contributed by atoms with Crippen LogP contribution < -0.4 is 0 Å².